The second kappa shape index (κ2) is 10.5. The molecule has 4 N–H and O–H groups in total. The quantitative estimate of drug-likeness (QED) is 0.253. The highest BCUT2D eigenvalue weighted by atomic mass is 35.5. The Morgan fingerprint density at radius 1 is 1.00 bits per heavy atom. The SMILES string of the molecule is COc1cccc(Nc2ncnc(Nc3cc(Cl)c(C(C#N)c4ccc(Cl)cc4)cc3C)c2N)c1. The molecule has 35 heavy (non-hydrogen) atoms. The van der Waals surface area contributed by atoms with Crippen molar-refractivity contribution in [2.45, 2.75) is 12.8 Å². The number of hydrogen-bond acceptors (Lipinski definition) is 7. The minimum absolute atomic E-state index is 0.339. The van der Waals surface area contributed by atoms with Crippen LogP contribution in [0.4, 0.5) is 28.7 Å². The van der Waals surface area contributed by atoms with E-state index in [4.69, 9.17) is 33.7 Å². The van der Waals surface area contributed by atoms with Gasteiger partial charge in [0.2, 0.25) is 0 Å². The van der Waals surface area contributed by atoms with Crippen molar-refractivity contribution in [3.05, 3.63) is 93.7 Å². The molecule has 1 aromatic heterocycles. The van der Waals surface area contributed by atoms with E-state index >= 15 is 0 Å². The smallest absolute Gasteiger partial charge is 0.159 e. The van der Waals surface area contributed by atoms with Gasteiger partial charge in [0.25, 0.3) is 0 Å². The number of anilines is 5. The van der Waals surface area contributed by atoms with E-state index in [9.17, 15) is 5.26 Å². The lowest BCUT2D eigenvalue weighted by Gasteiger charge is -2.17. The Morgan fingerprint density at radius 3 is 2.40 bits per heavy atom. The minimum Gasteiger partial charge on any atom is -0.497 e. The number of hydrogen-bond donors (Lipinski definition) is 3. The fourth-order valence-electron chi connectivity index (χ4n) is 3.60. The Kier molecular flexibility index (Phi) is 7.25. The van der Waals surface area contributed by atoms with Crippen LogP contribution in [-0.4, -0.2) is 17.1 Å². The number of benzene rings is 3. The molecule has 7 nitrogen and oxygen atoms in total. The Bertz CT molecular complexity index is 1400. The van der Waals surface area contributed by atoms with E-state index < -0.39 is 5.92 Å². The molecule has 0 fully saturated rings. The third kappa shape index (κ3) is 5.40. The van der Waals surface area contributed by atoms with Crippen LogP contribution >= 0.6 is 23.2 Å². The second-order valence-electron chi connectivity index (χ2n) is 7.77. The van der Waals surface area contributed by atoms with Gasteiger partial charge in [0.1, 0.15) is 17.8 Å². The van der Waals surface area contributed by atoms with E-state index in [0.29, 0.717) is 44.4 Å². The van der Waals surface area contributed by atoms with Gasteiger partial charge in [-0.1, -0.05) is 47.5 Å². The fourth-order valence-corrected chi connectivity index (χ4v) is 4.00. The van der Waals surface area contributed by atoms with E-state index in [1.54, 1.807) is 25.3 Å². The van der Waals surface area contributed by atoms with Crippen LogP contribution in [-0.2, 0) is 0 Å². The van der Waals surface area contributed by atoms with Crippen molar-refractivity contribution >= 4 is 51.9 Å². The summed E-state index contributed by atoms with van der Waals surface area (Å²) in [7, 11) is 1.60. The lowest BCUT2D eigenvalue weighted by atomic mass is 9.91. The largest absolute Gasteiger partial charge is 0.497 e. The number of aromatic nitrogens is 2. The molecule has 0 aliphatic heterocycles. The molecule has 3 aromatic carbocycles. The molecular formula is C26H22Cl2N6O. The highest BCUT2D eigenvalue weighted by Crippen LogP contribution is 2.36. The van der Waals surface area contributed by atoms with Gasteiger partial charge in [-0.25, -0.2) is 9.97 Å². The topological polar surface area (TPSA) is 109 Å². The maximum atomic E-state index is 9.84. The molecule has 9 heteroatoms. The van der Waals surface area contributed by atoms with Crippen molar-refractivity contribution in [2.24, 2.45) is 0 Å². The molecule has 0 saturated carbocycles. The van der Waals surface area contributed by atoms with Gasteiger partial charge in [-0.3, -0.25) is 0 Å². The highest BCUT2D eigenvalue weighted by molar-refractivity contribution is 6.32. The number of rotatable bonds is 7. The highest BCUT2D eigenvalue weighted by Gasteiger charge is 2.19. The maximum Gasteiger partial charge on any atom is 0.159 e. The van der Waals surface area contributed by atoms with Crippen LogP contribution in [0.25, 0.3) is 0 Å². The van der Waals surface area contributed by atoms with Crippen LogP contribution < -0.4 is 21.1 Å². The molecule has 0 bridgehead atoms. The summed E-state index contributed by atoms with van der Waals surface area (Å²) in [4.78, 5) is 8.55. The lowest BCUT2D eigenvalue weighted by Crippen LogP contribution is -2.07. The zero-order chi connectivity index (χ0) is 24.9. The number of ether oxygens (including phenoxy) is 1. The van der Waals surface area contributed by atoms with E-state index in [1.165, 1.54) is 6.33 Å². The second-order valence-corrected chi connectivity index (χ2v) is 8.61. The maximum absolute atomic E-state index is 9.84. The van der Waals surface area contributed by atoms with Gasteiger partial charge in [0.15, 0.2) is 11.6 Å². The number of methoxy groups -OCH3 is 1. The molecule has 176 valence electrons. The van der Waals surface area contributed by atoms with Crippen molar-refractivity contribution in [1.82, 2.24) is 9.97 Å². The van der Waals surface area contributed by atoms with Crippen LogP contribution in [0.2, 0.25) is 10.0 Å². The monoisotopic (exact) mass is 504 g/mol. The average molecular weight is 505 g/mol. The Morgan fingerprint density at radius 2 is 1.71 bits per heavy atom. The third-order valence-corrected chi connectivity index (χ3v) is 6.04. The minimum atomic E-state index is -0.532. The molecule has 1 atom stereocenters. The summed E-state index contributed by atoms with van der Waals surface area (Å²) in [5, 5.41) is 17.3. The van der Waals surface area contributed by atoms with Crippen LogP contribution in [0.5, 0.6) is 5.75 Å². The summed E-state index contributed by atoms with van der Waals surface area (Å²) in [5.74, 6) is 1.05. The first-order valence-corrected chi connectivity index (χ1v) is 11.4. The molecule has 0 aliphatic carbocycles. The number of nitrogens with two attached hydrogens (primary N) is 1. The summed E-state index contributed by atoms with van der Waals surface area (Å²) >= 11 is 12.6. The van der Waals surface area contributed by atoms with Crippen molar-refractivity contribution in [1.29, 1.82) is 5.26 Å². The number of nitrogens with zero attached hydrogens (tertiary/aromatic N) is 3. The van der Waals surface area contributed by atoms with E-state index in [2.05, 4.69) is 26.7 Å². The number of nitrogens with one attached hydrogen (secondary N) is 2. The first-order valence-electron chi connectivity index (χ1n) is 10.6. The van der Waals surface area contributed by atoms with Crippen molar-refractivity contribution in [2.75, 3.05) is 23.5 Å². The summed E-state index contributed by atoms with van der Waals surface area (Å²) in [6, 6.07) is 20.6. The molecule has 0 spiro atoms. The zero-order valence-corrected chi connectivity index (χ0v) is 20.5. The van der Waals surface area contributed by atoms with Gasteiger partial charge in [-0.15, -0.1) is 0 Å². The fraction of sp³-hybridized carbons (Fsp3) is 0.115. The molecule has 1 unspecified atom stereocenters. The van der Waals surface area contributed by atoms with Crippen LogP contribution in [0.3, 0.4) is 0 Å². The first kappa shape index (κ1) is 24.1. The van der Waals surface area contributed by atoms with Gasteiger partial charge in [-0.05, 0) is 53.9 Å². The molecule has 0 saturated heterocycles. The van der Waals surface area contributed by atoms with Crippen LogP contribution in [0, 0.1) is 18.3 Å². The Labute approximate surface area is 213 Å². The number of nitrogen functional groups attached to an aromatic ring is 1. The third-order valence-electron chi connectivity index (χ3n) is 5.46. The van der Waals surface area contributed by atoms with Gasteiger partial charge in [-0.2, -0.15) is 5.26 Å². The molecular weight excluding hydrogens is 483 g/mol. The summed E-state index contributed by atoms with van der Waals surface area (Å²) in [5.41, 5.74) is 10.6. The van der Waals surface area contributed by atoms with E-state index in [0.717, 1.165) is 16.8 Å². The van der Waals surface area contributed by atoms with Gasteiger partial charge in [0, 0.05) is 27.5 Å². The van der Waals surface area contributed by atoms with Crippen molar-refractivity contribution in [3.8, 4) is 11.8 Å². The average Bonchev–Trinajstić information content (AvgIpc) is 2.86. The van der Waals surface area contributed by atoms with Crippen molar-refractivity contribution < 1.29 is 4.74 Å². The predicted molar refractivity (Wildman–Crippen MR) is 141 cm³/mol. The van der Waals surface area contributed by atoms with Crippen LogP contribution in [0.1, 0.15) is 22.6 Å². The van der Waals surface area contributed by atoms with Crippen molar-refractivity contribution in [3.63, 3.8) is 0 Å². The van der Waals surface area contributed by atoms with Gasteiger partial charge >= 0.3 is 0 Å². The Hall–Kier alpha value is -3.99. The summed E-state index contributed by atoms with van der Waals surface area (Å²) in [6.07, 6.45) is 1.42. The first-order chi connectivity index (χ1) is 16.9. The van der Waals surface area contributed by atoms with E-state index in [-0.39, 0.29) is 0 Å². The summed E-state index contributed by atoms with van der Waals surface area (Å²) < 4.78 is 5.26. The molecule has 0 aliphatic rings. The van der Waals surface area contributed by atoms with Gasteiger partial charge in [0.05, 0.1) is 19.1 Å². The molecule has 1 heterocycles. The lowest BCUT2D eigenvalue weighted by molar-refractivity contribution is 0.415. The van der Waals surface area contributed by atoms with Gasteiger partial charge < -0.3 is 21.1 Å². The van der Waals surface area contributed by atoms with Crippen LogP contribution in [0.15, 0.2) is 67.0 Å². The number of halogens is 2. The molecule has 4 rings (SSSR count). The standard InChI is InChI=1S/C26H22Cl2N6O/c1-15-10-20(21(13-29)16-6-8-17(27)9-7-16)22(28)12-23(15)34-26-24(30)25(31-14-32-26)33-18-4-3-5-19(11-18)35-2/h3-12,14,21H,30H2,1-2H3,(H2,31,32,33,34). The molecule has 0 amide bonds. The zero-order valence-electron chi connectivity index (χ0n) is 19.0. The Balaban J connectivity index is 1.61. The number of aryl methyl sites for hydroxylation is 1. The molecule has 0 radical (unpaired) electrons. The molecule has 4 aromatic rings. The predicted octanol–water partition coefficient (Wildman–Crippen LogP) is 6.83. The summed E-state index contributed by atoms with van der Waals surface area (Å²) in [6.45, 7) is 1.92. The normalized spacial score (nSPS) is 11.4. The number of nitriles is 1. The van der Waals surface area contributed by atoms with E-state index in [1.807, 2.05) is 49.4 Å².